The van der Waals surface area contributed by atoms with Crippen molar-refractivity contribution < 1.29 is 5.11 Å². The van der Waals surface area contributed by atoms with Gasteiger partial charge < -0.3 is 5.11 Å². The second kappa shape index (κ2) is 4.61. The molecule has 0 fully saturated rings. The van der Waals surface area contributed by atoms with Crippen molar-refractivity contribution in [1.29, 1.82) is 0 Å². The van der Waals surface area contributed by atoms with Crippen LogP contribution in [0.25, 0.3) is 0 Å². The van der Waals surface area contributed by atoms with Gasteiger partial charge in [0.25, 0.3) is 0 Å². The Balaban J connectivity index is 2.89. The zero-order valence-electron chi connectivity index (χ0n) is 9.54. The maximum Gasteiger partial charge on any atom is 0.0517 e. The molecule has 1 aromatic carbocycles. The number of hydrogen-bond donors (Lipinski definition) is 1. The molecule has 0 aliphatic heterocycles. The van der Waals surface area contributed by atoms with Crippen LogP contribution in [0.15, 0.2) is 18.2 Å². The summed E-state index contributed by atoms with van der Waals surface area (Å²) in [5, 5.41) is 9.34. The molecule has 1 N–H and O–H groups in total. The molecule has 1 nitrogen and oxygen atoms in total. The Kier molecular flexibility index (Phi) is 3.70. The molecule has 1 aromatic rings. The first-order valence-electron chi connectivity index (χ1n) is 5.26. The van der Waals surface area contributed by atoms with Gasteiger partial charge in [0.05, 0.1) is 6.10 Å². The largest absolute Gasteiger partial charge is 0.393 e. The molecular weight excluding hydrogens is 172 g/mol. The zero-order chi connectivity index (χ0) is 10.7. The smallest absolute Gasteiger partial charge is 0.0517 e. The first kappa shape index (κ1) is 11.3. The molecule has 1 rings (SSSR count). The second-order valence-corrected chi connectivity index (χ2v) is 4.27. The van der Waals surface area contributed by atoms with Crippen molar-refractivity contribution >= 4 is 0 Å². The van der Waals surface area contributed by atoms with Crippen molar-refractivity contribution in [2.24, 2.45) is 0 Å². The lowest BCUT2D eigenvalue weighted by molar-refractivity contribution is 0.176. The second-order valence-electron chi connectivity index (χ2n) is 4.27. The predicted molar refractivity (Wildman–Crippen MR) is 60.6 cm³/mol. The molecule has 0 heterocycles. The number of aliphatic hydroxyl groups excluding tert-OH is 1. The predicted octanol–water partition coefficient (Wildman–Crippen LogP) is 3.18. The maximum atomic E-state index is 9.34. The van der Waals surface area contributed by atoms with Gasteiger partial charge in [-0.2, -0.15) is 0 Å². The third-order valence-electron chi connectivity index (χ3n) is 2.87. The van der Waals surface area contributed by atoms with Crippen LogP contribution in [-0.2, 0) is 0 Å². The van der Waals surface area contributed by atoms with Gasteiger partial charge in [0.15, 0.2) is 0 Å². The average molecular weight is 192 g/mol. The Labute approximate surface area is 86.8 Å². The molecule has 0 aliphatic carbocycles. The van der Waals surface area contributed by atoms with Crippen molar-refractivity contribution in [2.45, 2.75) is 46.1 Å². The Morgan fingerprint density at radius 2 is 1.86 bits per heavy atom. The summed E-state index contributed by atoms with van der Waals surface area (Å²) in [4.78, 5) is 0. The van der Waals surface area contributed by atoms with Crippen LogP contribution in [0.1, 0.15) is 42.9 Å². The first-order chi connectivity index (χ1) is 6.52. The summed E-state index contributed by atoms with van der Waals surface area (Å²) < 4.78 is 0. The van der Waals surface area contributed by atoms with Crippen molar-refractivity contribution in [2.75, 3.05) is 0 Å². The van der Waals surface area contributed by atoms with Crippen LogP contribution < -0.4 is 0 Å². The summed E-state index contributed by atoms with van der Waals surface area (Å²) in [7, 11) is 0. The van der Waals surface area contributed by atoms with Gasteiger partial charge in [0.1, 0.15) is 0 Å². The van der Waals surface area contributed by atoms with E-state index in [1.165, 1.54) is 16.7 Å². The fourth-order valence-electron chi connectivity index (χ4n) is 1.95. The minimum Gasteiger partial charge on any atom is -0.393 e. The molecule has 0 spiro atoms. The van der Waals surface area contributed by atoms with E-state index >= 15 is 0 Å². The van der Waals surface area contributed by atoms with Crippen molar-refractivity contribution in [3.05, 3.63) is 34.9 Å². The molecule has 0 amide bonds. The van der Waals surface area contributed by atoms with Crippen LogP contribution >= 0.6 is 0 Å². The molecule has 0 aromatic heterocycles. The van der Waals surface area contributed by atoms with E-state index in [9.17, 15) is 5.11 Å². The Morgan fingerprint density at radius 3 is 2.43 bits per heavy atom. The molecule has 0 saturated heterocycles. The van der Waals surface area contributed by atoms with Crippen LogP contribution in [0.5, 0.6) is 0 Å². The summed E-state index contributed by atoms with van der Waals surface area (Å²) in [6.45, 7) is 8.31. The van der Waals surface area contributed by atoms with Crippen LogP contribution in [-0.4, -0.2) is 11.2 Å². The highest BCUT2D eigenvalue weighted by atomic mass is 16.3. The van der Waals surface area contributed by atoms with E-state index in [4.69, 9.17) is 0 Å². The SMILES string of the molecule is Cc1cccc(C(C)CC(C)O)c1C. The highest BCUT2D eigenvalue weighted by Gasteiger charge is 2.11. The van der Waals surface area contributed by atoms with Gasteiger partial charge in [-0.15, -0.1) is 0 Å². The van der Waals surface area contributed by atoms with E-state index in [0.717, 1.165) is 6.42 Å². The Hall–Kier alpha value is -0.820. The maximum absolute atomic E-state index is 9.34. The van der Waals surface area contributed by atoms with Gasteiger partial charge in [-0.25, -0.2) is 0 Å². The van der Waals surface area contributed by atoms with E-state index < -0.39 is 0 Å². The van der Waals surface area contributed by atoms with Crippen LogP contribution in [0.3, 0.4) is 0 Å². The Morgan fingerprint density at radius 1 is 1.21 bits per heavy atom. The quantitative estimate of drug-likeness (QED) is 0.780. The summed E-state index contributed by atoms with van der Waals surface area (Å²) >= 11 is 0. The molecule has 2 atom stereocenters. The van der Waals surface area contributed by atoms with Gasteiger partial charge in [0.2, 0.25) is 0 Å². The topological polar surface area (TPSA) is 20.2 Å². The highest BCUT2D eigenvalue weighted by molar-refractivity contribution is 5.35. The Bertz CT molecular complexity index is 302. The van der Waals surface area contributed by atoms with Crippen molar-refractivity contribution in [3.63, 3.8) is 0 Å². The fourth-order valence-corrected chi connectivity index (χ4v) is 1.95. The van der Waals surface area contributed by atoms with E-state index in [1.807, 2.05) is 6.92 Å². The fraction of sp³-hybridized carbons (Fsp3) is 0.538. The number of aliphatic hydroxyl groups is 1. The zero-order valence-corrected chi connectivity index (χ0v) is 9.54. The molecule has 0 bridgehead atoms. The van der Waals surface area contributed by atoms with Gasteiger partial charge in [0, 0.05) is 0 Å². The van der Waals surface area contributed by atoms with Crippen LogP contribution in [0.2, 0.25) is 0 Å². The lowest BCUT2D eigenvalue weighted by Gasteiger charge is -2.17. The van der Waals surface area contributed by atoms with Gasteiger partial charge in [-0.3, -0.25) is 0 Å². The van der Waals surface area contributed by atoms with E-state index in [2.05, 4.69) is 39.0 Å². The highest BCUT2D eigenvalue weighted by Crippen LogP contribution is 2.25. The molecule has 2 unspecified atom stereocenters. The van der Waals surface area contributed by atoms with Crippen LogP contribution in [0.4, 0.5) is 0 Å². The molecule has 0 aliphatic rings. The van der Waals surface area contributed by atoms with Gasteiger partial charge in [-0.1, -0.05) is 25.1 Å². The normalized spacial score (nSPS) is 15.2. The minimum atomic E-state index is -0.218. The third kappa shape index (κ3) is 2.58. The van der Waals surface area contributed by atoms with Crippen molar-refractivity contribution in [3.8, 4) is 0 Å². The molecule has 14 heavy (non-hydrogen) atoms. The summed E-state index contributed by atoms with van der Waals surface area (Å²) in [5.74, 6) is 0.440. The number of aryl methyl sites for hydroxylation is 1. The average Bonchev–Trinajstić information content (AvgIpc) is 2.08. The number of benzene rings is 1. The number of rotatable bonds is 3. The summed E-state index contributed by atoms with van der Waals surface area (Å²) in [6.07, 6.45) is 0.620. The van der Waals surface area contributed by atoms with Gasteiger partial charge in [-0.05, 0) is 49.8 Å². The molecule has 1 heteroatoms. The lowest BCUT2D eigenvalue weighted by atomic mass is 9.90. The summed E-state index contributed by atoms with van der Waals surface area (Å²) in [5.41, 5.74) is 4.06. The third-order valence-corrected chi connectivity index (χ3v) is 2.87. The van der Waals surface area contributed by atoms with Gasteiger partial charge >= 0.3 is 0 Å². The van der Waals surface area contributed by atoms with E-state index in [1.54, 1.807) is 0 Å². The minimum absolute atomic E-state index is 0.218. The van der Waals surface area contributed by atoms with Crippen molar-refractivity contribution in [1.82, 2.24) is 0 Å². The molecule has 0 radical (unpaired) electrons. The lowest BCUT2D eigenvalue weighted by Crippen LogP contribution is -2.07. The molecule has 0 saturated carbocycles. The molecular formula is C13H20O. The van der Waals surface area contributed by atoms with E-state index in [-0.39, 0.29) is 6.10 Å². The number of hydrogen-bond acceptors (Lipinski definition) is 1. The monoisotopic (exact) mass is 192 g/mol. The van der Waals surface area contributed by atoms with Crippen LogP contribution in [0, 0.1) is 13.8 Å². The standard InChI is InChI=1S/C13H20O/c1-9-6-5-7-13(12(9)4)10(2)8-11(3)14/h5-7,10-11,14H,8H2,1-4H3. The summed E-state index contributed by atoms with van der Waals surface area (Å²) in [6, 6.07) is 6.39. The van der Waals surface area contributed by atoms with E-state index in [0.29, 0.717) is 5.92 Å². The molecule has 78 valence electrons. The first-order valence-corrected chi connectivity index (χ1v) is 5.26.